The van der Waals surface area contributed by atoms with E-state index in [2.05, 4.69) is 32.2 Å². The summed E-state index contributed by atoms with van der Waals surface area (Å²) in [6.07, 6.45) is 3.16. The Balaban J connectivity index is 0.00000210. The minimum absolute atomic E-state index is 0. The quantitative estimate of drug-likeness (QED) is 0.399. The van der Waals surface area contributed by atoms with Gasteiger partial charge in [-0.15, -0.1) is 34.2 Å². The number of likely N-dealkylation sites (tertiary alicyclic amines) is 1. The van der Waals surface area contributed by atoms with Gasteiger partial charge in [-0.3, -0.25) is 9.30 Å². The second kappa shape index (κ2) is 9.65. The molecular formula is C18H28IN7O. The van der Waals surface area contributed by atoms with Crippen molar-refractivity contribution in [2.45, 2.75) is 25.9 Å². The summed E-state index contributed by atoms with van der Waals surface area (Å²) in [5.74, 6) is 1.83. The average molecular weight is 485 g/mol. The Hall–Kier alpha value is -1.46. The van der Waals surface area contributed by atoms with Crippen LogP contribution in [0.1, 0.15) is 19.2 Å². The SMILES string of the molecule is CCNC(=NCc1nnc2ccccn12)N1CCC(N2CCOCC2)C1.I. The first-order valence-electron chi connectivity index (χ1n) is 9.49. The molecule has 1 N–H and O–H groups in total. The lowest BCUT2D eigenvalue weighted by Crippen LogP contribution is -2.46. The number of aromatic nitrogens is 3. The van der Waals surface area contributed by atoms with Gasteiger partial charge in [0.15, 0.2) is 17.4 Å². The molecule has 27 heavy (non-hydrogen) atoms. The Morgan fingerprint density at radius 1 is 1.26 bits per heavy atom. The highest BCUT2D eigenvalue weighted by Gasteiger charge is 2.30. The predicted octanol–water partition coefficient (Wildman–Crippen LogP) is 1.22. The van der Waals surface area contributed by atoms with Gasteiger partial charge in [0.2, 0.25) is 0 Å². The van der Waals surface area contributed by atoms with E-state index in [1.807, 2.05) is 28.8 Å². The Morgan fingerprint density at radius 3 is 2.93 bits per heavy atom. The molecule has 2 aliphatic heterocycles. The molecule has 4 rings (SSSR count). The average Bonchev–Trinajstić information content (AvgIpc) is 3.33. The molecule has 8 nitrogen and oxygen atoms in total. The molecule has 1 atom stereocenters. The van der Waals surface area contributed by atoms with E-state index in [4.69, 9.17) is 9.73 Å². The molecule has 2 aromatic heterocycles. The molecule has 2 saturated heterocycles. The summed E-state index contributed by atoms with van der Waals surface area (Å²) in [5, 5.41) is 11.9. The van der Waals surface area contributed by atoms with Crippen molar-refractivity contribution in [2.75, 3.05) is 45.9 Å². The summed E-state index contributed by atoms with van der Waals surface area (Å²) >= 11 is 0. The van der Waals surface area contributed by atoms with Crippen LogP contribution in [0, 0.1) is 0 Å². The molecule has 0 bridgehead atoms. The number of hydrogen-bond acceptors (Lipinski definition) is 5. The fourth-order valence-electron chi connectivity index (χ4n) is 3.75. The van der Waals surface area contributed by atoms with E-state index in [-0.39, 0.29) is 24.0 Å². The highest BCUT2D eigenvalue weighted by molar-refractivity contribution is 14.0. The van der Waals surface area contributed by atoms with Gasteiger partial charge in [0.05, 0.1) is 13.2 Å². The number of morpholine rings is 1. The zero-order chi connectivity index (χ0) is 17.8. The molecule has 1 unspecified atom stereocenters. The molecule has 0 aromatic carbocycles. The van der Waals surface area contributed by atoms with Crippen LogP contribution in [0.2, 0.25) is 0 Å². The number of aliphatic imine (C=N–C) groups is 1. The predicted molar refractivity (Wildman–Crippen MR) is 116 cm³/mol. The fourth-order valence-corrected chi connectivity index (χ4v) is 3.75. The highest BCUT2D eigenvalue weighted by atomic mass is 127. The molecule has 0 radical (unpaired) electrons. The smallest absolute Gasteiger partial charge is 0.194 e. The van der Waals surface area contributed by atoms with Gasteiger partial charge in [-0.1, -0.05) is 6.07 Å². The zero-order valence-electron chi connectivity index (χ0n) is 15.8. The Kier molecular flexibility index (Phi) is 7.25. The van der Waals surface area contributed by atoms with Crippen LogP contribution in [0.4, 0.5) is 0 Å². The number of nitrogens with one attached hydrogen (secondary N) is 1. The maximum atomic E-state index is 5.48. The number of hydrogen-bond donors (Lipinski definition) is 1. The third-order valence-electron chi connectivity index (χ3n) is 5.11. The Morgan fingerprint density at radius 2 is 2.11 bits per heavy atom. The monoisotopic (exact) mass is 485 g/mol. The summed E-state index contributed by atoms with van der Waals surface area (Å²) < 4.78 is 7.47. The van der Waals surface area contributed by atoms with Crippen LogP contribution in [0.3, 0.4) is 0 Å². The molecule has 2 aliphatic rings. The van der Waals surface area contributed by atoms with Crippen LogP contribution >= 0.6 is 24.0 Å². The van der Waals surface area contributed by atoms with Gasteiger partial charge >= 0.3 is 0 Å². The number of halogens is 1. The topological polar surface area (TPSA) is 70.3 Å². The number of nitrogens with zero attached hydrogens (tertiary/aromatic N) is 6. The first-order valence-corrected chi connectivity index (χ1v) is 9.49. The fraction of sp³-hybridized carbons (Fsp3) is 0.611. The first-order chi connectivity index (χ1) is 12.8. The third kappa shape index (κ3) is 4.69. The summed E-state index contributed by atoms with van der Waals surface area (Å²) in [6, 6.07) is 6.51. The van der Waals surface area contributed by atoms with Crippen molar-refractivity contribution in [1.82, 2.24) is 29.7 Å². The molecule has 0 amide bonds. The van der Waals surface area contributed by atoms with Gasteiger partial charge in [0, 0.05) is 45.0 Å². The molecule has 4 heterocycles. The molecule has 0 spiro atoms. The Bertz CT molecular complexity index is 759. The van der Waals surface area contributed by atoms with Gasteiger partial charge in [-0.05, 0) is 25.5 Å². The lowest BCUT2D eigenvalue weighted by atomic mass is 10.2. The minimum Gasteiger partial charge on any atom is -0.379 e. The van der Waals surface area contributed by atoms with E-state index in [1.165, 1.54) is 6.42 Å². The third-order valence-corrected chi connectivity index (χ3v) is 5.11. The largest absolute Gasteiger partial charge is 0.379 e. The normalized spacial score (nSPS) is 21.4. The van der Waals surface area contributed by atoms with Crippen molar-refractivity contribution in [2.24, 2.45) is 4.99 Å². The van der Waals surface area contributed by atoms with Gasteiger partial charge in [0.25, 0.3) is 0 Å². The molecule has 0 aliphatic carbocycles. The highest BCUT2D eigenvalue weighted by Crippen LogP contribution is 2.17. The van der Waals surface area contributed by atoms with Crippen molar-refractivity contribution in [3.05, 3.63) is 30.2 Å². The summed E-state index contributed by atoms with van der Waals surface area (Å²) in [4.78, 5) is 9.76. The van der Waals surface area contributed by atoms with Crippen LogP contribution < -0.4 is 5.32 Å². The van der Waals surface area contributed by atoms with Crippen LogP contribution in [-0.4, -0.2) is 82.3 Å². The van der Waals surface area contributed by atoms with Gasteiger partial charge in [-0.2, -0.15) is 0 Å². The maximum absolute atomic E-state index is 5.48. The summed E-state index contributed by atoms with van der Waals surface area (Å²) in [5.41, 5.74) is 0.858. The van der Waals surface area contributed by atoms with Crippen molar-refractivity contribution >= 4 is 35.6 Å². The number of fused-ring (bicyclic) bond motifs is 1. The standard InChI is InChI=1S/C18H27N7O.HI/c1-2-19-18(20-13-17-22-21-16-5-3-4-7-25(16)17)24-8-6-15(14-24)23-9-11-26-12-10-23;/h3-5,7,15H,2,6,8-14H2,1H3,(H,19,20);1H. The maximum Gasteiger partial charge on any atom is 0.194 e. The number of guanidine groups is 1. The lowest BCUT2D eigenvalue weighted by molar-refractivity contribution is 0.0195. The van der Waals surface area contributed by atoms with Crippen LogP contribution in [0.5, 0.6) is 0 Å². The molecule has 9 heteroatoms. The summed E-state index contributed by atoms with van der Waals surface area (Å²) in [7, 11) is 0. The molecule has 2 fully saturated rings. The zero-order valence-corrected chi connectivity index (χ0v) is 18.1. The van der Waals surface area contributed by atoms with Crippen LogP contribution in [-0.2, 0) is 11.3 Å². The van der Waals surface area contributed by atoms with E-state index < -0.39 is 0 Å². The van der Waals surface area contributed by atoms with Crippen molar-refractivity contribution in [1.29, 1.82) is 0 Å². The minimum atomic E-state index is 0. The summed E-state index contributed by atoms with van der Waals surface area (Å²) in [6.45, 7) is 9.33. The van der Waals surface area contributed by atoms with E-state index in [9.17, 15) is 0 Å². The molecular weight excluding hydrogens is 457 g/mol. The Labute approximate surface area is 177 Å². The number of pyridine rings is 1. The van der Waals surface area contributed by atoms with Crippen molar-refractivity contribution in [3.8, 4) is 0 Å². The van der Waals surface area contributed by atoms with Crippen LogP contribution in [0.25, 0.3) is 5.65 Å². The molecule has 0 saturated carbocycles. The van der Waals surface area contributed by atoms with E-state index in [0.29, 0.717) is 12.6 Å². The van der Waals surface area contributed by atoms with Gasteiger partial charge < -0.3 is 15.0 Å². The second-order valence-electron chi connectivity index (χ2n) is 6.75. The van der Waals surface area contributed by atoms with Crippen molar-refractivity contribution in [3.63, 3.8) is 0 Å². The van der Waals surface area contributed by atoms with E-state index in [0.717, 1.165) is 63.4 Å². The second-order valence-corrected chi connectivity index (χ2v) is 6.75. The van der Waals surface area contributed by atoms with Gasteiger partial charge in [0.1, 0.15) is 6.54 Å². The van der Waals surface area contributed by atoms with Gasteiger partial charge in [-0.25, -0.2) is 4.99 Å². The van der Waals surface area contributed by atoms with E-state index in [1.54, 1.807) is 0 Å². The molecule has 2 aromatic rings. The number of rotatable bonds is 4. The van der Waals surface area contributed by atoms with E-state index >= 15 is 0 Å². The number of ether oxygens (including phenoxy) is 1. The van der Waals surface area contributed by atoms with Crippen molar-refractivity contribution < 1.29 is 4.74 Å². The molecule has 148 valence electrons. The van der Waals surface area contributed by atoms with Crippen LogP contribution in [0.15, 0.2) is 29.4 Å². The lowest BCUT2D eigenvalue weighted by Gasteiger charge is -2.32. The first kappa shape index (κ1) is 20.3.